The highest BCUT2D eigenvalue weighted by atomic mass is 32.1. The van der Waals surface area contributed by atoms with Gasteiger partial charge in [0.2, 0.25) is 5.91 Å². The number of amides is 3. The largest absolute Gasteiger partial charge is 0.465 e. The molecule has 2 aromatic rings. The highest BCUT2D eigenvalue weighted by molar-refractivity contribution is 7.14. The van der Waals surface area contributed by atoms with Gasteiger partial charge in [0.25, 0.3) is 0 Å². The number of carbonyl (C=O) groups excluding carboxylic acids is 4. The molecule has 9 nitrogen and oxygen atoms in total. The Hall–Kier alpha value is -3.27. The minimum Gasteiger partial charge on any atom is -0.465 e. The van der Waals surface area contributed by atoms with Crippen LogP contribution in [0.5, 0.6) is 0 Å². The van der Waals surface area contributed by atoms with Gasteiger partial charge in [-0.2, -0.15) is 0 Å². The molecule has 176 valence electrons. The lowest BCUT2D eigenvalue weighted by molar-refractivity contribution is -0.148. The molecule has 0 spiro atoms. The van der Waals surface area contributed by atoms with Crippen molar-refractivity contribution in [1.29, 1.82) is 0 Å². The second-order valence-corrected chi connectivity index (χ2v) is 8.62. The predicted octanol–water partition coefficient (Wildman–Crippen LogP) is 3.48. The summed E-state index contributed by atoms with van der Waals surface area (Å²) in [5.41, 5.74) is 1.61. The number of hydrogen-bond donors (Lipinski definition) is 3. The Morgan fingerprint density at radius 3 is 2.45 bits per heavy atom. The number of esters is 1. The molecule has 1 aliphatic rings. The van der Waals surface area contributed by atoms with Gasteiger partial charge in [0.15, 0.2) is 10.9 Å². The summed E-state index contributed by atoms with van der Waals surface area (Å²) >= 11 is 1.22. The Labute approximate surface area is 196 Å². The van der Waals surface area contributed by atoms with Crippen molar-refractivity contribution in [2.24, 2.45) is 5.92 Å². The zero-order valence-electron chi connectivity index (χ0n) is 18.7. The highest BCUT2D eigenvalue weighted by Gasteiger charge is 2.36. The van der Waals surface area contributed by atoms with Crippen LogP contribution in [0.3, 0.4) is 0 Å². The van der Waals surface area contributed by atoms with Crippen molar-refractivity contribution < 1.29 is 23.9 Å². The van der Waals surface area contributed by atoms with Crippen LogP contribution in [0.2, 0.25) is 0 Å². The van der Waals surface area contributed by atoms with Crippen LogP contribution >= 0.6 is 11.3 Å². The van der Waals surface area contributed by atoms with Gasteiger partial charge in [-0.1, -0.05) is 25.0 Å². The van der Waals surface area contributed by atoms with E-state index in [2.05, 4.69) is 20.9 Å². The van der Waals surface area contributed by atoms with Crippen molar-refractivity contribution in [1.82, 2.24) is 10.3 Å². The molecule has 3 rings (SSSR count). The first-order valence-corrected chi connectivity index (χ1v) is 11.8. The number of aromatic nitrogens is 1. The Bertz CT molecular complexity index is 999. The molecular weight excluding hydrogens is 444 g/mol. The Morgan fingerprint density at radius 1 is 1.12 bits per heavy atom. The third-order valence-electron chi connectivity index (χ3n) is 5.46. The van der Waals surface area contributed by atoms with Gasteiger partial charge >= 0.3 is 12.0 Å². The molecule has 33 heavy (non-hydrogen) atoms. The van der Waals surface area contributed by atoms with Crippen LogP contribution in [0, 0.1) is 5.92 Å². The van der Waals surface area contributed by atoms with Crippen molar-refractivity contribution >= 4 is 45.8 Å². The molecule has 0 bridgehead atoms. The molecule has 1 atom stereocenters. The van der Waals surface area contributed by atoms with Gasteiger partial charge in [-0.05, 0) is 37.5 Å². The van der Waals surface area contributed by atoms with Gasteiger partial charge < -0.3 is 15.4 Å². The fourth-order valence-corrected chi connectivity index (χ4v) is 4.51. The van der Waals surface area contributed by atoms with Crippen LogP contribution in [0.15, 0.2) is 29.6 Å². The lowest BCUT2D eigenvalue weighted by Gasteiger charge is -2.19. The minimum absolute atomic E-state index is 0.0965. The molecule has 3 amide bonds. The number of thiazole rings is 1. The number of benzene rings is 1. The second kappa shape index (κ2) is 11.6. The fourth-order valence-electron chi connectivity index (χ4n) is 3.80. The maximum atomic E-state index is 13.0. The molecule has 0 aliphatic heterocycles. The first-order chi connectivity index (χ1) is 15.9. The molecule has 0 radical (unpaired) electrons. The van der Waals surface area contributed by atoms with Crippen LogP contribution in [0.25, 0.3) is 0 Å². The number of likely N-dealkylation sites (N-methyl/N-ethyl adjacent to an activating group) is 1. The summed E-state index contributed by atoms with van der Waals surface area (Å²) in [7, 11) is 1.55. The zero-order chi connectivity index (χ0) is 23.8. The topological polar surface area (TPSA) is 126 Å². The molecule has 1 heterocycles. The molecule has 1 aromatic heterocycles. The van der Waals surface area contributed by atoms with Crippen LogP contribution in [0.4, 0.5) is 15.6 Å². The maximum absolute atomic E-state index is 13.0. The number of anilines is 2. The summed E-state index contributed by atoms with van der Waals surface area (Å²) in [6.07, 6.45) is 3.73. The number of ketones is 1. The first kappa shape index (κ1) is 24.4. The zero-order valence-corrected chi connectivity index (χ0v) is 19.5. The standard InChI is InChI=1S/C23H28N4O5S/c1-3-32-21(30)19(20(29)15-6-4-5-7-15)14-8-10-16(11-9-14)25-22(31)27-23-26-17(13-33-23)12-18(28)24-2/h8-11,13,15,19H,3-7,12H2,1-2H3,(H,24,28)(H2,25,26,27,31). The molecule has 1 fully saturated rings. The van der Waals surface area contributed by atoms with Crippen molar-refractivity contribution in [2.75, 3.05) is 24.3 Å². The van der Waals surface area contributed by atoms with Crippen molar-refractivity contribution in [3.05, 3.63) is 40.9 Å². The van der Waals surface area contributed by atoms with Crippen LogP contribution < -0.4 is 16.0 Å². The van der Waals surface area contributed by atoms with Gasteiger partial charge in [0, 0.05) is 24.0 Å². The van der Waals surface area contributed by atoms with Crippen molar-refractivity contribution in [3.63, 3.8) is 0 Å². The molecular formula is C23H28N4O5S. The summed E-state index contributed by atoms with van der Waals surface area (Å²) in [5, 5.41) is 9.91. The van der Waals surface area contributed by atoms with E-state index in [0.717, 1.165) is 25.7 Å². The van der Waals surface area contributed by atoms with Gasteiger partial charge in [-0.25, -0.2) is 9.78 Å². The number of hydrogen-bond acceptors (Lipinski definition) is 7. The summed E-state index contributed by atoms with van der Waals surface area (Å²) < 4.78 is 5.16. The minimum atomic E-state index is -0.954. The predicted molar refractivity (Wildman–Crippen MR) is 125 cm³/mol. The normalized spacial score (nSPS) is 14.4. The number of Topliss-reactive ketones (excluding diaryl/α,β-unsaturated/α-hetero) is 1. The fraction of sp³-hybridized carbons (Fsp3) is 0.435. The van der Waals surface area contributed by atoms with Gasteiger partial charge in [0.05, 0.1) is 18.7 Å². The SMILES string of the molecule is CCOC(=O)C(C(=O)C1CCCC1)c1ccc(NC(=O)Nc2nc(CC(=O)NC)cs2)cc1. The molecule has 1 aliphatic carbocycles. The van der Waals surface area contributed by atoms with E-state index < -0.39 is 17.9 Å². The third kappa shape index (κ3) is 6.61. The molecule has 1 saturated carbocycles. The van der Waals surface area contributed by atoms with Crippen LogP contribution in [-0.2, 0) is 25.5 Å². The maximum Gasteiger partial charge on any atom is 0.325 e. The first-order valence-electron chi connectivity index (χ1n) is 10.9. The Kier molecular flexibility index (Phi) is 8.53. The number of nitrogens with one attached hydrogen (secondary N) is 3. The van der Waals surface area contributed by atoms with Gasteiger partial charge in [-0.3, -0.25) is 19.7 Å². The number of nitrogens with zero attached hydrogens (tertiary/aromatic N) is 1. The van der Waals surface area contributed by atoms with E-state index in [0.29, 0.717) is 22.1 Å². The molecule has 1 aromatic carbocycles. The summed E-state index contributed by atoms with van der Waals surface area (Å²) in [6, 6.07) is 6.11. The number of carbonyl (C=O) groups is 4. The average Bonchev–Trinajstić information content (AvgIpc) is 3.47. The van der Waals surface area contributed by atoms with E-state index in [-0.39, 0.29) is 30.6 Å². The number of urea groups is 1. The summed E-state index contributed by atoms with van der Waals surface area (Å²) in [6.45, 7) is 1.92. The smallest absolute Gasteiger partial charge is 0.325 e. The lowest BCUT2D eigenvalue weighted by atomic mass is 9.86. The van der Waals surface area contributed by atoms with Crippen LogP contribution in [0.1, 0.15) is 49.8 Å². The molecule has 0 saturated heterocycles. The van der Waals surface area contributed by atoms with E-state index in [4.69, 9.17) is 4.74 Å². The van der Waals surface area contributed by atoms with E-state index in [1.165, 1.54) is 11.3 Å². The Morgan fingerprint density at radius 2 is 1.82 bits per heavy atom. The van der Waals surface area contributed by atoms with E-state index >= 15 is 0 Å². The van der Waals surface area contributed by atoms with Crippen molar-refractivity contribution in [2.45, 2.75) is 44.9 Å². The van der Waals surface area contributed by atoms with Crippen LogP contribution in [-0.4, -0.2) is 42.3 Å². The molecule has 3 N–H and O–H groups in total. The summed E-state index contributed by atoms with van der Waals surface area (Å²) in [4.78, 5) is 53.5. The van der Waals surface area contributed by atoms with E-state index in [1.54, 1.807) is 43.6 Å². The summed E-state index contributed by atoms with van der Waals surface area (Å²) in [5.74, 6) is -1.87. The van der Waals surface area contributed by atoms with E-state index in [1.807, 2.05) is 0 Å². The quantitative estimate of drug-likeness (QED) is 0.379. The Balaban J connectivity index is 1.63. The van der Waals surface area contributed by atoms with Gasteiger partial charge in [0.1, 0.15) is 5.92 Å². The highest BCUT2D eigenvalue weighted by Crippen LogP contribution is 2.32. The lowest BCUT2D eigenvalue weighted by Crippen LogP contribution is -2.28. The third-order valence-corrected chi connectivity index (χ3v) is 6.27. The van der Waals surface area contributed by atoms with Crippen molar-refractivity contribution in [3.8, 4) is 0 Å². The number of ether oxygens (including phenoxy) is 1. The molecule has 1 unspecified atom stereocenters. The van der Waals surface area contributed by atoms with Gasteiger partial charge in [-0.15, -0.1) is 11.3 Å². The number of rotatable bonds is 9. The van der Waals surface area contributed by atoms with E-state index in [9.17, 15) is 19.2 Å². The second-order valence-electron chi connectivity index (χ2n) is 7.76. The monoisotopic (exact) mass is 472 g/mol. The molecule has 10 heteroatoms. The average molecular weight is 473 g/mol.